The second kappa shape index (κ2) is 12.2. The van der Waals surface area contributed by atoms with Crippen LogP contribution in [0.5, 0.6) is 0 Å². The number of allylic oxidation sites excluding steroid dienone is 2. The molecule has 0 aromatic carbocycles. The van der Waals surface area contributed by atoms with Crippen molar-refractivity contribution in [3.8, 4) is 0 Å². The first-order valence-corrected chi connectivity index (χ1v) is 9.55. The second-order valence-corrected chi connectivity index (χ2v) is 7.05. The summed E-state index contributed by atoms with van der Waals surface area (Å²) in [6.45, 7) is 2.12. The van der Waals surface area contributed by atoms with E-state index in [2.05, 4.69) is 6.92 Å². The Morgan fingerprint density at radius 2 is 1.92 bits per heavy atom. The highest BCUT2D eigenvalue weighted by Crippen LogP contribution is 2.36. The predicted molar refractivity (Wildman–Crippen MR) is 98.1 cm³/mol. The third-order valence-corrected chi connectivity index (χ3v) is 4.91. The van der Waals surface area contributed by atoms with E-state index in [1.54, 1.807) is 6.08 Å². The quantitative estimate of drug-likeness (QED) is 0.319. The number of hydrogen-bond acceptors (Lipinski definition) is 4. The first-order chi connectivity index (χ1) is 12.0. The van der Waals surface area contributed by atoms with Crippen molar-refractivity contribution < 1.29 is 25.2 Å². The van der Waals surface area contributed by atoms with Crippen LogP contribution in [0.25, 0.3) is 0 Å². The molecule has 5 atom stereocenters. The van der Waals surface area contributed by atoms with Crippen molar-refractivity contribution in [2.24, 2.45) is 11.8 Å². The van der Waals surface area contributed by atoms with Crippen molar-refractivity contribution in [3.05, 3.63) is 24.3 Å². The molecule has 0 unspecified atom stereocenters. The van der Waals surface area contributed by atoms with E-state index in [0.29, 0.717) is 25.7 Å². The summed E-state index contributed by atoms with van der Waals surface area (Å²) in [4.78, 5) is 10.5. The Morgan fingerprint density at radius 1 is 1.16 bits per heavy atom. The molecule has 1 aliphatic carbocycles. The van der Waals surface area contributed by atoms with Crippen LogP contribution < -0.4 is 0 Å². The zero-order valence-electron chi connectivity index (χ0n) is 15.3. The molecule has 4 N–H and O–H groups in total. The molecule has 25 heavy (non-hydrogen) atoms. The van der Waals surface area contributed by atoms with Crippen LogP contribution >= 0.6 is 0 Å². The fourth-order valence-electron chi connectivity index (χ4n) is 3.41. The Morgan fingerprint density at radius 3 is 2.60 bits per heavy atom. The number of rotatable bonds is 12. The summed E-state index contributed by atoms with van der Waals surface area (Å²) >= 11 is 0. The first kappa shape index (κ1) is 21.9. The van der Waals surface area contributed by atoms with E-state index in [1.165, 1.54) is 0 Å². The number of hydrogen-bond donors (Lipinski definition) is 4. The fourth-order valence-corrected chi connectivity index (χ4v) is 3.41. The highest BCUT2D eigenvalue weighted by molar-refractivity contribution is 5.66. The molecule has 1 saturated carbocycles. The largest absolute Gasteiger partial charge is 0.481 e. The lowest BCUT2D eigenvalue weighted by Gasteiger charge is -2.19. The van der Waals surface area contributed by atoms with Crippen molar-refractivity contribution in [1.82, 2.24) is 0 Å². The molecule has 1 rings (SSSR count). The number of aliphatic hydroxyl groups excluding tert-OH is 3. The van der Waals surface area contributed by atoms with Gasteiger partial charge in [-0.15, -0.1) is 0 Å². The van der Waals surface area contributed by atoms with E-state index in [9.17, 15) is 20.1 Å². The van der Waals surface area contributed by atoms with Crippen molar-refractivity contribution in [2.45, 2.75) is 83.0 Å². The van der Waals surface area contributed by atoms with Crippen LogP contribution in [0.3, 0.4) is 0 Å². The van der Waals surface area contributed by atoms with Crippen LogP contribution in [-0.2, 0) is 4.79 Å². The Balaban J connectivity index is 2.46. The maximum absolute atomic E-state index is 10.5. The normalized spacial score (nSPS) is 28.2. The molecule has 0 heterocycles. The molecular formula is C20H34O5. The first-order valence-electron chi connectivity index (χ1n) is 9.55. The molecule has 1 fully saturated rings. The molecule has 0 amide bonds. The minimum Gasteiger partial charge on any atom is -0.481 e. The summed E-state index contributed by atoms with van der Waals surface area (Å²) in [6, 6.07) is 0. The average Bonchev–Trinajstić information content (AvgIpc) is 2.82. The van der Waals surface area contributed by atoms with E-state index in [4.69, 9.17) is 5.11 Å². The number of carboxylic acid groups (broad SMARTS) is 1. The average molecular weight is 354 g/mol. The van der Waals surface area contributed by atoms with Gasteiger partial charge in [-0.25, -0.2) is 0 Å². The Labute approximate surface area is 151 Å². The van der Waals surface area contributed by atoms with Crippen LogP contribution in [0.4, 0.5) is 0 Å². The zero-order valence-corrected chi connectivity index (χ0v) is 15.3. The Hall–Kier alpha value is -1.17. The minimum absolute atomic E-state index is 0.0650. The summed E-state index contributed by atoms with van der Waals surface area (Å²) in [7, 11) is 0. The number of aliphatic carboxylic acids is 1. The molecular weight excluding hydrogens is 320 g/mol. The molecule has 5 heteroatoms. The number of carboxylic acids is 1. The minimum atomic E-state index is -0.787. The fraction of sp³-hybridized carbons (Fsp3) is 0.750. The van der Waals surface area contributed by atoms with Gasteiger partial charge in [-0.1, -0.05) is 50.5 Å². The van der Waals surface area contributed by atoms with Gasteiger partial charge in [-0.3, -0.25) is 4.79 Å². The summed E-state index contributed by atoms with van der Waals surface area (Å²) in [5, 5.41) is 39.0. The molecule has 0 spiro atoms. The maximum Gasteiger partial charge on any atom is 0.303 e. The van der Waals surface area contributed by atoms with E-state index < -0.39 is 24.3 Å². The van der Waals surface area contributed by atoms with Crippen LogP contribution in [-0.4, -0.2) is 44.7 Å². The van der Waals surface area contributed by atoms with Crippen LogP contribution in [0.15, 0.2) is 24.3 Å². The van der Waals surface area contributed by atoms with Gasteiger partial charge < -0.3 is 20.4 Å². The molecule has 5 nitrogen and oxygen atoms in total. The zero-order chi connectivity index (χ0) is 18.7. The van der Waals surface area contributed by atoms with Gasteiger partial charge in [-0.05, 0) is 31.6 Å². The predicted octanol–water partition coefficient (Wildman–Crippen LogP) is 3.04. The lowest BCUT2D eigenvalue weighted by molar-refractivity contribution is -0.137. The molecule has 0 aromatic heterocycles. The van der Waals surface area contributed by atoms with Crippen LogP contribution in [0.2, 0.25) is 0 Å². The third kappa shape index (κ3) is 8.66. The van der Waals surface area contributed by atoms with Gasteiger partial charge in [0.2, 0.25) is 0 Å². The van der Waals surface area contributed by atoms with Crippen molar-refractivity contribution in [1.29, 1.82) is 0 Å². The van der Waals surface area contributed by atoms with Crippen LogP contribution in [0, 0.1) is 11.8 Å². The van der Waals surface area contributed by atoms with Gasteiger partial charge in [0.05, 0.1) is 18.3 Å². The lowest BCUT2D eigenvalue weighted by atomic mass is 9.89. The lowest BCUT2D eigenvalue weighted by Crippen LogP contribution is -2.20. The van der Waals surface area contributed by atoms with Gasteiger partial charge in [0, 0.05) is 18.8 Å². The van der Waals surface area contributed by atoms with Crippen molar-refractivity contribution in [2.75, 3.05) is 0 Å². The maximum atomic E-state index is 10.5. The molecule has 0 saturated heterocycles. The highest BCUT2D eigenvalue weighted by atomic mass is 16.4. The van der Waals surface area contributed by atoms with Gasteiger partial charge in [-0.2, -0.15) is 0 Å². The van der Waals surface area contributed by atoms with Gasteiger partial charge in [0.1, 0.15) is 0 Å². The summed E-state index contributed by atoms with van der Waals surface area (Å²) in [5.41, 5.74) is 0. The standard InChI is InChI=1S/C20H34O5/c1-2-3-6-9-15(21)12-13-17-16(18(22)14-19(17)23)10-7-4-5-8-11-20(24)25/h4,7,12-13,15-19,21-23H,2-3,5-6,8-11,14H2,1H3,(H,24,25)/b7-4-,13-12-/t15-,16+,17-,18-,19+/m0/s1. The Bertz CT molecular complexity index is 432. The number of aliphatic hydroxyl groups is 3. The number of unbranched alkanes of at least 4 members (excludes halogenated alkanes) is 3. The van der Waals surface area contributed by atoms with Crippen molar-refractivity contribution >= 4 is 5.97 Å². The summed E-state index contributed by atoms with van der Waals surface area (Å²) < 4.78 is 0. The Kier molecular flexibility index (Phi) is 10.7. The number of carbonyl (C=O) groups is 1. The SMILES string of the molecule is CCCCC[C@H](O)/C=C\[C@H]1[C@@H](C/C=C\CCCC(=O)O)[C@@H](O)C[C@H]1O. The van der Waals surface area contributed by atoms with E-state index >= 15 is 0 Å². The van der Waals surface area contributed by atoms with Gasteiger partial charge >= 0.3 is 5.97 Å². The molecule has 0 radical (unpaired) electrons. The molecule has 0 bridgehead atoms. The summed E-state index contributed by atoms with van der Waals surface area (Å²) in [6.07, 6.45) is 12.3. The summed E-state index contributed by atoms with van der Waals surface area (Å²) in [5.74, 6) is -1.00. The smallest absolute Gasteiger partial charge is 0.303 e. The highest BCUT2D eigenvalue weighted by Gasteiger charge is 2.39. The van der Waals surface area contributed by atoms with Gasteiger partial charge in [0.15, 0.2) is 0 Å². The van der Waals surface area contributed by atoms with Crippen LogP contribution in [0.1, 0.15) is 64.7 Å². The monoisotopic (exact) mass is 354 g/mol. The molecule has 1 aliphatic rings. The van der Waals surface area contributed by atoms with Crippen molar-refractivity contribution in [3.63, 3.8) is 0 Å². The topological polar surface area (TPSA) is 98.0 Å². The second-order valence-electron chi connectivity index (χ2n) is 7.05. The van der Waals surface area contributed by atoms with E-state index in [0.717, 1.165) is 25.7 Å². The molecule has 0 aromatic rings. The van der Waals surface area contributed by atoms with Gasteiger partial charge in [0.25, 0.3) is 0 Å². The van der Waals surface area contributed by atoms with E-state index in [1.807, 2.05) is 18.2 Å². The molecule has 0 aliphatic heterocycles. The van der Waals surface area contributed by atoms with E-state index in [-0.39, 0.29) is 18.3 Å². The molecule has 144 valence electrons. The third-order valence-electron chi connectivity index (χ3n) is 4.91.